The first-order chi connectivity index (χ1) is 7.91. The molecule has 0 aliphatic carbocycles. The van der Waals surface area contributed by atoms with Gasteiger partial charge in [0.15, 0.2) is 0 Å². The summed E-state index contributed by atoms with van der Waals surface area (Å²) in [4.78, 5) is 10.9. The minimum absolute atomic E-state index is 0.0315. The van der Waals surface area contributed by atoms with Crippen molar-refractivity contribution in [3.63, 3.8) is 0 Å². The van der Waals surface area contributed by atoms with Crippen LogP contribution in [0.1, 0.15) is 33.1 Å². The molecule has 0 unspecified atom stereocenters. The van der Waals surface area contributed by atoms with E-state index in [-0.39, 0.29) is 6.61 Å². The zero-order chi connectivity index (χ0) is 13.3. The monoisotopic (exact) mass is 248 g/mol. The highest BCUT2D eigenvalue weighted by Crippen LogP contribution is 2.24. The number of ether oxygens (including phenoxy) is 1. The number of carbonyl (C=O) groups is 1. The van der Waals surface area contributed by atoms with E-state index in [2.05, 4.69) is 10.7 Å². The molecule has 0 rings (SSSR count). The molecular formula is C12H15F3O2. The van der Waals surface area contributed by atoms with Crippen LogP contribution in [0.3, 0.4) is 0 Å². The summed E-state index contributed by atoms with van der Waals surface area (Å²) in [7, 11) is 0. The second-order valence-corrected chi connectivity index (χ2v) is 3.21. The fraction of sp³-hybridized carbons (Fsp3) is 0.583. The molecule has 0 aliphatic rings. The molecule has 0 atom stereocenters. The van der Waals surface area contributed by atoms with Crippen molar-refractivity contribution in [3.8, 4) is 11.8 Å². The molecule has 17 heavy (non-hydrogen) atoms. The third-order valence-electron chi connectivity index (χ3n) is 1.73. The predicted molar refractivity (Wildman–Crippen MR) is 58.1 cm³/mol. The average molecular weight is 248 g/mol. The topological polar surface area (TPSA) is 26.3 Å². The molecule has 2 nitrogen and oxygen atoms in total. The smallest absolute Gasteiger partial charge is 0.424 e. The summed E-state index contributed by atoms with van der Waals surface area (Å²) in [6.07, 6.45) is -2.25. The molecule has 0 aromatic heterocycles. The Hall–Kier alpha value is -1.44. The third kappa shape index (κ3) is 7.45. The summed E-state index contributed by atoms with van der Waals surface area (Å²) in [5.74, 6) is 3.34. The maximum atomic E-state index is 12.5. The van der Waals surface area contributed by atoms with Crippen LogP contribution in [0, 0.1) is 11.8 Å². The van der Waals surface area contributed by atoms with Gasteiger partial charge in [0.05, 0.1) is 6.61 Å². The van der Waals surface area contributed by atoms with Gasteiger partial charge in [0, 0.05) is 12.5 Å². The third-order valence-corrected chi connectivity index (χ3v) is 1.73. The Bertz CT molecular complexity index is 332. The van der Waals surface area contributed by atoms with Crippen molar-refractivity contribution >= 4 is 5.97 Å². The van der Waals surface area contributed by atoms with Gasteiger partial charge in [-0.25, -0.2) is 4.79 Å². The van der Waals surface area contributed by atoms with Gasteiger partial charge in [0.2, 0.25) is 0 Å². The number of rotatable bonds is 4. The minimum Gasteiger partial charge on any atom is -0.463 e. The number of hydrogen-bond acceptors (Lipinski definition) is 2. The van der Waals surface area contributed by atoms with Gasteiger partial charge < -0.3 is 4.74 Å². The van der Waals surface area contributed by atoms with E-state index < -0.39 is 17.7 Å². The number of hydrogen-bond donors (Lipinski definition) is 0. The number of esters is 1. The highest BCUT2D eigenvalue weighted by atomic mass is 19.4. The van der Waals surface area contributed by atoms with E-state index in [1.807, 2.05) is 12.8 Å². The lowest BCUT2D eigenvalue weighted by Crippen LogP contribution is -2.13. The van der Waals surface area contributed by atoms with Crippen LogP contribution in [0.4, 0.5) is 13.2 Å². The minimum atomic E-state index is -4.62. The van der Waals surface area contributed by atoms with Crippen LogP contribution in [0.25, 0.3) is 0 Å². The van der Waals surface area contributed by atoms with Crippen molar-refractivity contribution in [3.05, 3.63) is 11.6 Å². The van der Waals surface area contributed by atoms with E-state index >= 15 is 0 Å². The number of allylic oxidation sites excluding steroid dienone is 1. The molecule has 0 radical (unpaired) electrons. The molecule has 0 amide bonds. The van der Waals surface area contributed by atoms with E-state index in [9.17, 15) is 18.0 Å². The van der Waals surface area contributed by atoms with E-state index in [1.165, 1.54) is 6.92 Å². The van der Waals surface area contributed by atoms with E-state index in [0.29, 0.717) is 12.5 Å². The van der Waals surface area contributed by atoms with Gasteiger partial charge in [-0.05, 0) is 13.3 Å². The molecule has 96 valence electrons. The first-order valence-electron chi connectivity index (χ1n) is 5.36. The lowest BCUT2D eigenvalue weighted by atomic mass is 10.2. The molecule has 0 aliphatic heterocycles. The van der Waals surface area contributed by atoms with E-state index in [4.69, 9.17) is 0 Å². The molecular weight excluding hydrogens is 233 g/mol. The lowest BCUT2D eigenvalue weighted by Gasteiger charge is -2.05. The number of halogens is 3. The molecule has 5 heteroatoms. The zero-order valence-corrected chi connectivity index (χ0v) is 9.86. The van der Waals surface area contributed by atoms with Crippen LogP contribution in [0.2, 0.25) is 0 Å². The Kier molecular flexibility index (Phi) is 7.11. The maximum absolute atomic E-state index is 12.5. The van der Waals surface area contributed by atoms with Gasteiger partial charge in [-0.2, -0.15) is 13.2 Å². The maximum Gasteiger partial charge on any atom is 0.424 e. The van der Waals surface area contributed by atoms with Gasteiger partial charge >= 0.3 is 12.1 Å². The Balaban J connectivity index is 4.76. The second kappa shape index (κ2) is 7.77. The summed E-state index contributed by atoms with van der Waals surface area (Å²) in [6.45, 7) is 3.47. The molecule has 0 aromatic rings. The standard InChI is InChI=1S/C12H15F3O2/c1-3-5-6-7-8-10(12(13,14)15)9-11(16)17-4-2/h9H,3-6H2,1-2H3. The van der Waals surface area contributed by atoms with Gasteiger partial charge in [-0.15, -0.1) is 0 Å². The zero-order valence-electron chi connectivity index (χ0n) is 9.86. The predicted octanol–water partition coefficient (Wildman–Crippen LogP) is 3.23. The van der Waals surface area contributed by atoms with Gasteiger partial charge in [-0.3, -0.25) is 0 Å². The van der Waals surface area contributed by atoms with Crippen molar-refractivity contribution < 1.29 is 22.7 Å². The number of carbonyl (C=O) groups excluding carboxylic acids is 1. The number of unbranched alkanes of at least 4 members (excludes halogenated alkanes) is 2. The van der Waals surface area contributed by atoms with Crippen molar-refractivity contribution in [1.82, 2.24) is 0 Å². The first-order valence-corrected chi connectivity index (χ1v) is 5.36. The van der Waals surface area contributed by atoms with Crippen LogP contribution in [0.5, 0.6) is 0 Å². The molecule has 0 spiro atoms. The van der Waals surface area contributed by atoms with Crippen molar-refractivity contribution in [2.24, 2.45) is 0 Å². The highest BCUT2D eigenvalue weighted by Gasteiger charge is 2.33. The molecule has 0 N–H and O–H groups in total. The average Bonchev–Trinajstić information content (AvgIpc) is 2.21. The van der Waals surface area contributed by atoms with Crippen molar-refractivity contribution in [2.45, 2.75) is 39.3 Å². The summed E-state index contributed by atoms with van der Waals surface area (Å²) in [5, 5.41) is 0. The Morgan fingerprint density at radius 2 is 2.00 bits per heavy atom. The summed E-state index contributed by atoms with van der Waals surface area (Å²) < 4.78 is 41.8. The molecule has 0 aromatic carbocycles. The normalized spacial score (nSPS) is 11.7. The largest absolute Gasteiger partial charge is 0.463 e. The Labute approximate surface area is 98.8 Å². The summed E-state index contributed by atoms with van der Waals surface area (Å²) >= 11 is 0. The van der Waals surface area contributed by atoms with E-state index in [1.54, 1.807) is 0 Å². The molecule has 0 heterocycles. The number of alkyl halides is 3. The van der Waals surface area contributed by atoms with Crippen molar-refractivity contribution in [1.29, 1.82) is 0 Å². The molecule has 0 saturated carbocycles. The second-order valence-electron chi connectivity index (χ2n) is 3.21. The first kappa shape index (κ1) is 15.6. The van der Waals surface area contributed by atoms with Gasteiger partial charge in [-0.1, -0.05) is 25.2 Å². The Morgan fingerprint density at radius 1 is 1.35 bits per heavy atom. The van der Waals surface area contributed by atoms with Gasteiger partial charge in [0.1, 0.15) is 5.57 Å². The SMILES string of the molecule is CCCCC#CC(=CC(=O)OCC)C(F)(F)F. The van der Waals surface area contributed by atoms with E-state index in [0.717, 1.165) is 12.8 Å². The van der Waals surface area contributed by atoms with Crippen LogP contribution in [-0.2, 0) is 9.53 Å². The molecule has 0 saturated heterocycles. The Morgan fingerprint density at radius 3 is 2.47 bits per heavy atom. The quantitative estimate of drug-likeness (QED) is 0.330. The molecule has 0 fully saturated rings. The van der Waals surface area contributed by atoms with Crippen LogP contribution >= 0.6 is 0 Å². The van der Waals surface area contributed by atoms with Crippen LogP contribution in [0.15, 0.2) is 11.6 Å². The van der Waals surface area contributed by atoms with Crippen LogP contribution in [-0.4, -0.2) is 18.8 Å². The summed E-state index contributed by atoms with van der Waals surface area (Å²) in [5.41, 5.74) is -1.16. The fourth-order valence-corrected chi connectivity index (χ4v) is 0.913. The molecule has 0 bridgehead atoms. The fourth-order valence-electron chi connectivity index (χ4n) is 0.913. The van der Waals surface area contributed by atoms with Crippen LogP contribution < -0.4 is 0 Å². The highest BCUT2D eigenvalue weighted by molar-refractivity contribution is 5.84. The lowest BCUT2D eigenvalue weighted by molar-refractivity contribution is -0.138. The van der Waals surface area contributed by atoms with Gasteiger partial charge in [0.25, 0.3) is 0 Å². The summed E-state index contributed by atoms with van der Waals surface area (Å²) in [6, 6.07) is 0. The van der Waals surface area contributed by atoms with Crippen molar-refractivity contribution in [2.75, 3.05) is 6.61 Å².